The molecule has 4 heteroatoms. The van der Waals surface area contributed by atoms with Crippen molar-refractivity contribution in [1.82, 2.24) is 0 Å². The zero-order valence-electron chi connectivity index (χ0n) is 10.3. The van der Waals surface area contributed by atoms with Crippen molar-refractivity contribution >= 4 is 11.6 Å². The van der Waals surface area contributed by atoms with Crippen molar-refractivity contribution in [2.24, 2.45) is 5.73 Å². The first-order valence-electron chi connectivity index (χ1n) is 5.84. The molecule has 1 aromatic carbocycles. The Labute approximate surface area is 101 Å². The second kappa shape index (κ2) is 6.35. The Kier molecular flexibility index (Phi) is 5.10. The van der Waals surface area contributed by atoms with Crippen molar-refractivity contribution in [3.05, 3.63) is 29.6 Å². The minimum absolute atomic E-state index is 0.130. The molecule has 3 nitrogen and oxygen atoms in total. The lowest BCUT2D eigenvalue weighted by molar-refractivity contribution is -0.116. The maximum Gasteiger partial charge on any atom is 0.225 e. The quantitative estimate of drug-likeness (QED) is 0.828. The molecule has 0 fully saturated rings. The topological polar surface area (TPSA) is 55.1 Å². The van der Waals surface area contributed by atoms with Gasteiger partial charge in [0.2, 0.25) is 5.91 Å². The molecular formula is C13H19FN2O. The monoisotopic (exact) mass is 238 g/mol. The van der Waals surface area contributed by atoms with Gasteiger partial charge in [-0.2, -0.15) is 0 Å². The summed E-state index contributed by atoms with van der Waals surface area (Å²) in [4.78, 5) is 11.6. The van der Waals surface area contributed by atoms with Gasteiger partial charge in [-0.25, -0.2) is 4.39 Å². The summed E-state index contributed by atoms with van der Waals surface area (Å²) in [6.07, 6.45) is 2.03. The molecule has 0 bridgehead atoms. The Morgan fingerprint density at radius 3 is 2.76 bits per heavy atom. The number of rotatable bonds is 5. The number of nitrogens with one attached hydrogen (secondary N) is 1. The van der Waals surface area contributed by atoms with E-state index < -0.39 is 0 Å². The van der Waals surface area contributed by atoms with E-state index >= 15 is 0 Å². The van der Waals surface area contributed by atoms with Crippen molar-refractivity contribution in [2.45, 2.75) is 39.2 Å². The number of anilines is 1. The van der Waals surface area contributed by atoms with Crippen molar-refractivity contribution in [1.29, 1.82) is 0 Å². The van der Waals surface area contributed by atoms with Crippen LogP contribution in [0.15, 0.2) is 18.2 Å². The second-order valence-corrected chi connectivity index (χ2v) is 4.32. The van der Waals surface area contributed by atoms with Gasteiger partial charge in [0.25, 0.3) is 0 Å². The van der Waals surface area contributed by atoms with Crippen LogP contribution in [0.2, 0.25) is 0 Å². The number of amides is 1. The summed E-state index contributed by atoms with van der Waals surface area (Å²) >= 11 is 0. The van der Waals surface area contributed by atoms with Crippen LogP contribution in [0.4, 0.5) is 10.1 Å². The molecule has 17 heavy (non-hydrogen) atoms. The van der Waals surface area contributed by atoms with Crippen LogP contribution >= 0.6 is 0 Å². The van der Waals surface area contributed by atoms with Gasteiger partial charge in [-0.15, -0.1) is 0 Å². The van der Waals surface area contributed by atoms with Crippen LogP contribution in [0.25, 0.3) is 0 Å². The maximum absolute atomic E-state index is 13.1. The molecule has 1 atom stereocenters. The van der Waals surface area contributed by atoms with E-state index in [9.17, 15) is 9.18 Å². The molecule has 0 radical (unpaired) electrons. The van der Waals surface area contributed by atoms with Crippen molar-refractivity contribution in [2.75, 3.05) is 5.32 Å². The second-order valence-electron chi connectivity index (χ2n) is 4.32. The van der Waals surface area contributed by atoms with E-state index in [1.54, 1.807) is 13.0 Å². The lowest BCUT2D eigenvalue weighted by Crippen LogP contribution is -2.26. The van der Waals surface area contributed by atoms with Gasteiger partial charge in [0.1, 0.15) is 5.82 Å². The molecule has 1 aromatic rings. The van der Waals surface area contributed by atoms with E-state index in [1.165, 1.54) is 12.1 Å². The van der Waals surface area contributed by atoms with E-state index in [2.05, 4.69) is 5.32 Å². The smallest absolute Gasteiger partial charge is 0.225 e. The fraction of sp³-hybridized carbons (Fsp3) is 0.462. The van der Waals surface area contributed by atoms with Crippen LogP contribution in [-0.4, -0.2) is 11.9 Å². The number of carbonyl (C=O) groups is 1. The van der Waals surface area contributed by atoms with Crippen LogP contribution in [0.1, 0.15) is 31.7 Å². The lowest BCUT2D eigenvalue weighted by Gasteiger charge is -2.11. The summed E-state index contributed by atoms with van der Waals surface area (Å²) in [7, 11) is 0. The molecular weight excluding hydrogens is 219 g/mol. The third kappa shape index (κ3) is 4.95. The molecule has 3 N–H and O–H groups in total. The standard InChI is InChI=1S/C13H19FN2O/c1-3-4-11(15)8-13(17)16-12-6-9(2)5-10(14)7-12/h5-7,11H,3-4,8,15H2,1-2H3,(H,16,17). The van der Waals surface area contributed by atoms with Crippen LogP contribution in [0.3, 0.4) is 0 Å². The predicted octanol–water partition coefficient (Wildman–Crippen LogP) is 2.59. The average molecular weight is 238 g/mol. The zero-order valence-corrected chi connectivity index (χ0v) is 10.3. The Morgan fingerprint density at radius 1 is 1.47 bits per heavy atom. The minimum atomic E-state index is -0.349. The maximum atomic E-state index is 13.1. The summed E-state index contributed by atoms with van der Waals surface area (Å²) in [6, 6.07) is 4.32. The molecule has 0 saturated carbocycles. The number of halogens is 1. The average Bonchev–Trinajstić information content (AvgIpc) is 2.14. The molecule has 0 aliphatic rings. The van der Waals surface area contributed by atoms with Gasteiger partial charge in [0.15, 0.2) is 0 Å². The van der Waals surface area contributed by atoms with Gasteiger partial charge in [-0.05, 0) is 37.1 Å². The van der Waals surface area contributed by atoms with Crippen molar-refractivity contribution in [3.8, 4) is 0 Å². The summed E-state index contributed by atoms with van der Waals surface area (Å²) in [5, 5.41) is 2.65. The van der Waals surface area contributed by atoms with Crippen LogP contribution in [-0.2, 0) is 4.79 Å². The number of carbonyl (C=O) groups excluding carboxylic acids is 1. The SMILES string of the molecule is CCCC(N)CC(=O)Nc1cc(C)cc(F)c1. The summed E-state index contributed by atoms with van der Waals surface area (Å²) in [6.45, 7) is 3.80. The minimum Gasteiger partial charge on any atom is -0.327 e. The molecule has 0 heterocycles. The normalized spacial score (nSPS) is 12.2. The molecule has 0 saturated heterocycles. The Hall–Kier alpha value is -1.42. The highest BCUT2D eigenvalue weighted by Gasteiger charge is 2.09. The van der Waals surface area contributed by atoms with Crippen molar-refractivity contribution in [3.63, 3.8) is 0 Å². The molecule has 94 valence electrons. The van der Waals surface area contributed by atoms with Gasteiger partial charge in [0.05, 0.1) is 0 Å². The molecule has 0 aliphatic heterocycles. The van der Waals surface area contributed by atoms with Gasteiger partial charge < -0.3 is 11.1 Å². The van der Waals surface area contributed by atoms with E-state index in [0.29, 0.717) is 5.69 Å². The number of aryl methyl sites for hydroxylation is 1. The van der Waals surface area contributed by atoms with Crippen molar-refractivity contribution < 1.29 is 9.18 Å². The molecule has 1 unspecified atom stereocenters. The summed E-state index contributed by atoms with van der Waals surface area (Å²) in [5.41, 5.74) is 7.02. The lowest BCUT2D eigenvalue weighted by atomic mass is 10.1. The highest BCUT2D eigenvalue weighted by Crippen LogP contribution is 2.13. The number of nitrogens with two attached hydrogens (primary N) is 1. The van der Waals surface area contributed by atoms with E-state index in [0.717, 1.165) is 18.4 Å². The van der Waals surface area contributed by atoms with Crippen LogP contribution < -0.4 is 11.1 Å². The number of hydrogen-bond donors (Lipinski definition) is 2. The Bertz CT molecular complexity index is 373. The van der Waals surface area contributed by atoms with E-state index in [1.807, 2.05) is 6.92 Å². The zero-order chi connectivity index (χ0) is 12.8. The first kappa shape index (κ1) is 13.6. The Balaban J connectivity index is 2.56. The highest BCUT2D eigenvalue weighted by molar-refractivity contribution is 5.91. The fourth-order valence-electron chi connectivity index (χ4n) is 1.73. The van der Waals surface area contributed by atoms with E-state index in [4.69, 9.17) is 5.73 Å². The molecule has 1 rings (SSSR count). The number of hydrogen-bond acceptors (Lipinski definition) is 2. The van der Waals surface area contributed by atoms with Crippen LogP contribution in [0, 0.1) is 12.7 Å². The van der Waals surface area contributed by atoms with Crippen LogP contribution in [0.5, 0.6) is 0 Å². The fourth-order valence-corrected chi connectivity index (χ4v) is 1.73. The van der Waals surface area contributed by atoms with Gasteiger partial charge >= 0.3 is 0 Å². The first-order chi connectivity index (χ1) is 8.01. The molecule has 0 aliphatic carbocycles. The molecule has 0 spiro atoms. The van der Waals surface area contributed by atoms with Gasteiger partial charge in [0, 0.05) is 18.2 Å². The summed E-state index contributed by atoms with van der Waals surface area (Å²) < 4.78 is 13.1. The molecule has 0 aromatic heterocycles. The predicted molar refractivity (Wildman–Crippen MR) is 67.3 cm³/mol. The molecule has 1 amide bonds. The third-order valence-corrected chi connectivity index (χ3v) is 2.43. The van der Waals surface area contributed by atoms with E-state index in [-0.39, 0.29) is 24.2 Å². The Morgan fingerprint density at radius 2 is 2.18 bits per heavy atom. The first-order valence-corrected chi connectivity index (χ1v) is 5.84. The highest BCUT2D eigenvalue weighted by atomic mass is 19.1. The largest absolute Gasteiger partial charge is 0.327 e. The van der Waals surface area contributed by atoms with Gasteiger partial charge in [-0.1, -0.05) is 13.3 Å². The number of benzene rings is 1. The third-order valence-electron chi connectivity index (χ3n) is 2.43. The van der Waals surface area contributed by atoms with Gasteiger partial charge in [-0.3, -0.25) is 4.79 Å². The summed E-state index contributed by atoms with van der Waals surface area (Å²) in [5.74, 6) is -0.519.